The van der Waals surface area contributed by atoms with Gasteiger partial charge in [0.15, 0.2) is 5.54 Å². The molecule has 1 amide bonds. The van der Waals surface area contributed by atoms with Gasteiger partial charge in [-0.3, -0.25) is 4.79 Å². The lowest BCUT2D eigenvalue weighted by Gasteiger charge is -2.23. The maximum atomic E-state index is 13.1. The number of halogens is 3. The van der Waals surface area contributed by atoms with Gasteiger partial charge in [-0.1, -0.05) is 18.2 Å². The second-order valence-electron chi connectivity index (χ2n) is 5.64. The normalized spacial score (nSPS) is 17.3. The number of carbonyl (C=O) groups is 1. The topological polar surface area (TPSA) is 80.0 Å². The van der Waals surface area contributed by atoms with Crippen molar-refractivity contribution in [1.82, 2.24) is 20.3 Å². The molecule has 1 atom stereocenters. The Kier molecular flexibility index (Phi) is 4.04. The first kappa shape index (κ1) is 16.4. The molecule has 6 nitrogen and oxygen atoms in total. The van der Waals surface area contributed by atoms with Crippen molar-refractivity contribution in [1.29, 1.82) is 0 Å². The van der Waals surface area contributed by atoms with Crippen molar-refractivity contribution < 1.29 is 23.1 Å². The number of rotatable bonds is 5. The average Bonchev–Trinajstić information content (AvgIpc) is 3.18. The van der Waals surface area contributed by atoms with Gasteiger partial charge in [0, 0.05) is 0 Å². The van der Waals surface area contributed by atoms with E-state index in [0.29, 0.717) is 12.8 Å². The van der Waals surface area contributed by atoms with Crippen molar-refractivity contribution in [2.45, 2.75) is 30.6 Å². The predicted octanol–water partition coefficient (Wildman–Crippen LogP) is 1.64. The van der Waals surface area contributed by atoms with E-state index in [-0.39, 0.29) is 5.56 Å². The summed E-state index contributed by atoms with van der Waals surface area (Å²) in [7, 11) is 0. The van der Waals surface area contributed by atoms with Gasteiger partial charge in [-0.05, 0) is 24.5 Å². The van der Waals surface area contributed by atoms with Crippen molar-refractivity contribution >= 4 is 5.91 Å². The lowest BCUT2D eigenvalue weighted by molar-refractivity contribution is -0.139. The monoisotopic (exact) mass is 340 g/mol. The highest BCUT2D eigenvalue weighted by Crippen LogP contribution is 2.43. The summed E-state index contributed by atoms with van der Waals surface area (Å²) in [5, 5.41) is 19.9. The number of alkyl halides is 3. The number of aromatic nitrogens is 3. The van der Waals surface area contributed by atoms with Gasteiger partial charge < -0.3 is 10.4 Å². The van der Waals surface area contributed by atoms with Gasteiger partial charge >= 0.3 is 6.18 Å². The molecule has 9 heteroatoms. The van der Waals surface area contributed by atoms with E-state index >= 15 is 0 Å². The molecular weight excluding hydrogens is 325 g/mol. The van der Waals surface area contributed by atoms with E-state index in [9.17, 15) is 23.1 Å². The highest BCUT2D eigenvalue weighted by Gasteiger charge is 2.54. The summed E-state index contributed by atoms with van der Waals surface area (Å²) in [6.45, 7) is -0.651. The summed E-state index contributed by atoms with van der Waals surface area (Å²) >= 11 is 0. The van der Waals surface area contributed by atoms with Crippen LogP contribution in [0.4, 0.5) is 13.2 Å². The van der Waals surface area contributed by atoms with Gasteiger partial charge in [-0.2, -0.15) is 28.2 Å². The molecule has 1 fully saturated rings. The van der Waals surface area contributed by atoms with Crippen molar-refractivity contribution in [3.63, 3.8) is 0 Å². The van der Waals surface area contributed by atoms with Crippen LogP contribution in [0.2, 0.25) is 0 Å². The number of hydrogen-bond acceptors (Lipinski definition) is 4. The minimum absolute atomic E-state index is 0.176. The highest BCUT2D eigenvalue weighted by molar-refractivity contribution is 5.87. The van der Waals surface area contributed by atoms with E-state index < -0.39 is 35.8 Å². The van der Waals surface area contributed by atoms with Crippen LogP contribution in [0.5, 0.6) is 0 Å². The van der Waals surface area contributed by atoms with Gasteiger partial charge in [0.25, 0.3) is 0 Å². The predicted molar refractivity (Wildman–Crippen MR) is 76.6 cm³/mol. The van der Waals surface area contributed by atoms with Crippen LogP contribution in [-0.4, -0.2) is 32.6 Å². The molecule has 1 heterocycles. The first-order valence-corrected chi connectivity index (χ1v) is 7.33. The molecule has 24 heavy (non-hydrogen) atoms. The molecule has 1 aliphatic carbocycles. The van der Waals surface area contributed by atoms with Crippen molar-refractivity contribution in [2.75, 3.05) is 6.61 Å². The van der Waals surface area contributed by atoms with Crippen LogP contribution in [0, 0.1) is 0 Å². The zero-order valence-electron chi connectivity index (χ0n) is 12.5. The fourth-order valence-corrected chi connectivity index (χ4v) is 2.65. The number of aliphatic hydroxyl groups is 1. The molecular formula is C15H15F3N4O2. The van der Waals surface area contributed by atoms with Crippen LogP contribution in [0.15, 0.2) is 36.7 Å². The zero-order chi connectivity index (χ0) is 17.4. The molecule has 1 saturated carbocycles. The van der Waals surface area contributed by atoms with Gasteiger partial charge in [0.1, 0.15) is 0 Å². The second kappa shape index (κ2) is 5.90. The van der Waals surface area contributed by atoms with Crippen LogP contribution in [0.25, 0.3) is 0 Å². The molecule has 0 saturated heterocycles. The summed E-state index contributed by atoms with van der Waals surface area (Å²) < 4.78 is 39.4. The second-order valence-corrected chi connectivity index (χ2v) is 5.64. The Morgan fingerprint density at radius 1 is 1.29 bits per heavy atom. The van der Waals surface area contributed by atoms with Gasteiger partial charge in [-0.25, -0.2) is 0 Å². The summed E-state index contributed by atoms with van der Waals surface area (Å²) in [6, 6.07) is 3.70. The number of carbonyl (C=O) groups excluding carboxylic acids is 1. The first-order valence-electron chi connectivity index (χ1n) is 7.33. The highest BCUT2D eigenvalue weighted by atomic mass is 19.4. The van der Waals surface area contributed by atoms with E-state index in [1.54, 1.807) is 0 Å². The van der Waals surface area contributed by atoms with E-state index in [0.717, 1.165) is 6.07 Å². The quantitative estimate of drug-likeness (QED) is 0.867. The Bertz CT molecular complexity index is 727. The average molecular weight is 340 g/mol. The maximum Gasteiger partial charge on any atom is 0.416 e. The molecule has 2 aromatic rings. The Balaban J connectivity index is 1.85. The zero-order valence-corrected chi connectivity index (χ0v) is 12.5. The minimum Gasteiger partial charge on any atom is -0.394 e. The third kappa shape index (κ3) is 2.86. The molecule has 2 N–H and O–H groups in total. The molecule has 1 aliphatic rings. The first-order chi connectivity index (χ1) is 11.4. The van der Waals surface area contributed by atoms with Gasteiger partial charge in [0.05, 0.1) is 30.6 Å². The Labute approximate surface area is 135 Å². The van der Waals surface area contributed by atoms with Gasteiger partial charge in [-0.15, -0.1) is 0 Å². The lowest BCUT2D eigenvalue weighted by Crippen LogP contribution is -2.43. The van der Waals surface area contributed by atoms with Crippen LogP contribution in [0.1, 0.15) is 30.0 Å². The largest absolute Gasteiger partial charge is 0.416 e. The molecule has 0 spiro atoms. The number of nitrogens with zero attached hydrogens (tertiary/aromatic N) is 3. The Hall–Kier alpha value is -2.42. The van der Waals surface area contributed by atoms with Crippen LogP contribution >= 0.6 is 0 Å². The maximum absolute atomic E-state index is 13.1. The van der Waals surface area contributed by atoms with Crippen LogP contribution < -0.4 is 5.32 Å². The molecule has 0 bridgehead atoms. The Morgan fingerprint density at radius 3 is 2.46 bits per heavy atom. The number of aliphatic hydroxyl groups excluding tert-OH is 1. The fourth-order valence-electron chi connectivity index (χ4n) is 2.65. The number of nitrogens with one attached hydrogen (secondary N) is 1. The lowest BCUT2D eigenvalue weighted by atomic mass is 10.00. The summed E-state index contributed by atoms with van der Waals surface area (Å²) in [5.74, 6) is -0.505. The third-order valence-electron chi connectivity index (χ3n) is 4.08. The summed E-state index contributed by atoms with van der Waals surface area (Å²) in [5.41, 5.74) is -2.04. The molecule has 0 radical (unpaired) electrons. The van der Waals surface area contributed by atoms with Crippen molar-refractivity contribution in [3.05, 3.63) is 47.8 Å². The molecule has 1 aromatic carbocycles. The number of benzene rings is 1. The third-order valence-corrected chi connectivity index (χ3v) is 4.08. The standard InChI is InChI=1S/C15H15F3N4O2/c16-15(17,18)11-4-2-1-3-10(11)12(9-23)21-13(24)14(5-6-14)22-19-7-8-20-22/h1-4,7-8,12,23H,5-6,9H2,(H,21,24). The smallest absolute Gasteiger partial charge is 0.394 e. The minimum atomic E-state index is -4.57. The van der Waals surface area contributed by atoms with Gasteiger partial charge in [0.2, 0.25) is 5.91 Å². The molecule has 1 aromatic heterocycles. The molecule has 128 valence electrons. The van der Waals surface area contributed by atoms with Crippen LogP contribution in [0.3, 0.4) is 0 Å². The molecule has 3 rings (SSSR count). The summed E-state index contributed by atoms with van der Waals surface area (Å²) in [4.78, 5) is 13.8. The SMILES string of the molecule is O=C(NC(CO)c1ccccc1C(F)(F)F)C1(n2nccn2)CC1. The number of amides is 1. The summed E-state index contributed by atoms with van der Waals surface area (Å²) in [6.07, 6.45) is -0.736. The van der Waals surface area contributed by atoms with Crippen molar-refractivity contribution in [2.24, 2.45) is 0 Å². The molecule has 0 aliphatic heterocycles. The van der Waals surface area contributed by atoms with E-state index in [1.165, 1.54) is 35.4 Å². The van der Waals surface area contributed by atoms with Crippen LogP contribution in [-0.2, 0) is 16.5 Å². The fraction of sp³-hybridized carbons (Fsp3) is 0.400. The van der Waals surface area contributed by atoms with E-state index in [1.807, 2.05) is 0 Å². The van der Waals surface area contributed by atoms with Crippen molar-refractivity contribution in [3.8, 4) is 0 Å². The molecule has 1 unspecified atom stereocenters. The van der Waals surface area contributed by atoms with E-state index in [4.69, 9.17) is 0 Å². The Morgan fingerprint density at radius 2 is 1.92 bits per heavy atom. The number of hydrogen-bond donors (Lipinski definition) is 2. The van der Waals surface area contributed by atoms with E-state index in [2.05, 4.69) is 15.5 Å².